The number of fused-ring (bicyclic) bond motifs is 1. The average Bonchev–Trinajstić information content (AvgIpc) is 2.95. The molecule has 0 unspecified atom stereocenters. The largest absolute Gasteiger partial charge is 0.478 e. The topological polar surface area (TPSA) is 109 Å². The Bertz CT molecular complexity index is 1540. The van der Waals surface area contributed by atoms with Gasteiger partial charge >= 0.3 is 11.9 Å². The van der Waals surface area contributed by atoms with Gasteiger partial charge in [0.2, 0.25) is 0 Å². The molecule has 0 aliphatic carbocycles. The summed E-state index contributed by atoms with van der Waals surface area (Å²) in [4.78, 5) is 45.8. The number of hydrogen-bond donors (Lipinski definition) is 2. The van der Waals surface area contributed by atoms with E-state index in [0.29, 0.717) is 0 Å². The van der Waals surface area contributed by atoms with Crippen molar-refractivity contribution in [2.24, 2.45) is 0 Å². The second kappa shape index (κ2) is 12.2. The highest BCUT2D eigenvalue weighted by atomic mass is 16.4. The summed E-state index contributed by atoms with van der Waals surface area (Å²) in [7, 11) is 0. The monoisotopic (exact) mass is 532 g/mol. The lowest BCUT2D eigenvalue weighted by molar-refractivity contribution is -0.132. The molecule has 0 atom stereocenters. The van der Waals surface area contributed by atoms with E-state index < -0.39 is 17.4 Å². The summed E-state index contributed by atoms with van der Waals surface area (Å²) in [5.41, 5.74) is 4.02. The maximum atomic E-state index is 12.2. The van der Waals surface area contributed by atoms with Crippen molar-refractivity contribution in [1.29, 1.82) is 0 Å². The number of carbonyl (C=O) groups excluding carboxylic acids is 2. The predicted molar refractivity (Wildman–Crippen MR) is 153 cm³/mol. The second-order valence-electron chi connectivity index (χ2n) is 9.67. The summed E-state index contributed by atoms with van der Waals surface area (Å²) < 4.78 is 0. The zero-order valence-corrected chi connectivity index (χ0v) is 21.9. The SMILES string of the molecule is CC(c1ccc(CC(=O)/C=C/C(=O)O)cc1)(c1ccc(CC(=O)/C=C/C(=O)O)cc1)c1cccc2ccccc12. The molecule has 200 valence electrons. The van der Waals surface area contributed by atoms with Gasteiger partial charge in [-0.2, -0.15) is 0 Å². The number of benzene rings is 4. The van der Waals surface area contributed by atoms with E-state index in [1.54, 1.807) is 0 Å². The van der Waals surface area contributed by atoms with Crippen LogP contribution in [0.5, 0.6) is 0 Å². The molecule has 4 aromatic carbocycles. The van der Waals surface area contributed by atoms with E-state index >= 15 is 0 Å². The molecule has 0 saturated carbocycles. The molecule has 0 spiro atoms. The van der Waals surface area contributed by atoms with Crippen LogP contribution in [0.25, 0.3) is 10.8 Å². The average molecular weight is 533 g/mol. The van der Waals surface area contributed by atoms with Crippen molar-refractivity contribution in [2.75, 3.05) is 0 Å². The Morgan fingerprint density at radius 3 is 1.52 bits per heavy atom. The number of ketones is 2. The summed E-state index contributed by atoms with van der Waals surface area (Å²) in [5, 5.41) is 19.7. The van der Waals surface area contributed by atoms with Gasteiger partial charge in [-0.15, -0.1) is 0 Å². The van der Waals surface area contributed by atoms with E-state index in [9.17, 15) is 19.2 Å². The number of carboxylic acid groups (broad SMARTS) is 2. The highest BCUT2D eigenvalue weighted by Gasteiger charge is 2.32. The third kappa shape index (κ3) is 6.48. The van der Waals surface area contributed by atoms with Crippen molar-refractivity contribution >= 4 is 34.3 Å². The number of carboxylic acids is 2. The van der Waals surface area contributed by atoms with Crippen molar-refractivity contribution in [2.45, 2.75) is 25.2 Å². The molecule has 0 amide bonds. The van der Waals surface area contributed by atoms with Crippen molar-refractivity contribution in [3.8, 4) is 0 Å². The Morgan fingerprint density at radius 2 is 1.05 bits per heavy atom. The summed E-state index contributed by atoms with van der Waals surface area (Å²) in [5.74, 6) is -2.92. The molecule has 6 nitrogen and oxygen atoms in total. The van der Waals surface area contributed by atoms with Crippen LogP contribution in [0.2, 0.25) is 0 Å². The molecule has 0 aromatic heterocycles. The van der Waals surface area contributed by atoms with Crippen LogP contribution in [0.4, 0.5) is 0 Å². The molecular weight excluding hydrogens is 504 g/mol. The smallest absolute Gasteiger partial charge is 0.328 e. The van der Waals surface area contributed by atoms with Gasteiger partial charge in [0.15, 0.2) is 11.6 Å². The van der Waals surface area contributed by atoms with Crippen LogP contribution in [0.3, 0.4) is 0 Å². The van der Waals surface area contributed by atoms with Gasteiger partial charge in [-0.05, 0) is 57.7 Å². The van der Waals surface area contributed by atoms with Gasteiger partial charge in [0.05, 0.1) is 0 Å². The van der Waals surface area contributed by atoms with E-state index in [2.05, 4.69) is 31.2 Å². The minimum Gasteiger partial charge on any atom is -0.478 e. The number of allylic oxidation sites excluding steroid dienone is 2. The first kappa shape index (κ1) is 27.9. The quantitative estimate of drug-likeness (QED) is 0.190. The van der Waals surface area contributed by atoms with Gasteiger partial charge in [-0.3, -0.25) is 9.59 Å². The first-order valence-corrected chi connectivity index (χ1v) is 12.7. The van der Waals surface area contributed by atoms with Gasteiger partial charge in [-0.25, -0.2) is 9.59 Å². The van der Waals surface area contributed by atoms with Gasteiger partial charge < -0.3 is 10.2 Å². The molecule has 4 rings (SSSR count). The van der Waals surface area contributed by atoms with Gasteiger partial charge in [-0.1, -0.05) is 91.0 Å². The summed E-state index contributed by atoms with van der Waals surface area (Å²) >= 11 is 0. The number of carbonyl (C=O) groups is 4. The molecule has 2 N–H and O–H groups in total. The molecule has 0 radical (unpaired) electrons. The molecule has 0 heterocycles. The third-order valence-corrected chi connectivity index (χ3v) is 6.97. The van der Waals surface area contributed by atoms with Crippen LogP contribution in [-0.4, -0.2) is 33.7 Å². The van der Waals surface area contributed by atoms with Gasteiger partial charge in [0.1, 0.15) is 0 Å². The molecular formula is C34H28O6. The minimum absolute atomic E-state index is 0.0914. The summed E-state index contributed by atoms with van der Waals surface area (Å²) in [6.07, 6.45) is 4.00. The van der Waals surface area contributed by atoms with Crippen molar-refractivity contribution in [1.82, 2.24) is 0 Å². The van der Waals surface area contributed by atoms with Gasteiger partial charge in [0.25, 0.3) is 0 Å². The number of aliphatic carboxylic acids is 2. The summed E-state index contributed by atoms with van der Waals surface area (Å²) in [6.45, 7) is 2.14. The van der Waals surface area contributed by atoms with Crippen LogP contribution in [0.1, 0.15) is 34.7 Å². The Hall–Kier alpha value is -5.10. The van der Waals surface area contributed by atoms with E-state index in [0.717, 1.165) is 62.9 Å². The molecule has 0 fully saturated rings. The Labute approximate surface area is 231 Å². The lowest BCUT2D eigenvalue weighted by Crippen LogP contribution is -2.26. The van der Waals surface area contributed by atoms with E-state index in [-0.39, 0.29) is 24.4 Å². The number of hydrogen-bond acceptors (Lipinski definition) is 4. The molecule has 0 bridgehead atoms. The first-order chi connectivity index (χ1) is 19.2. The second-order valence-corrected chi connectivity index (χ2v) is 9.67. The Kier molecular flexibility index (Phi) is 8.50. The van der Waals surface area contributed by atoms with Gasteiger partial charge in [0, 0.05) is 30.4 Å². The zero-order chi connectivity index (χ0) is 28.7. The fourth-order valence-corrected chi connectivity index (χ4v) is 4.90. The van der Waals surface area contributed by atoms with Crippen molar-refractivity contribution < 1.29 is 29.4 Å². The first-order valence-electron chi connectivity index (χ1n) is 12.7. The van der Waals surface area contributed by atoms with Crippen molar-refractivity contribution in [3.63, 3.8) is 0 Å². The van der Waals surface area contributed by atoms with Crippen LogP contribution in [-0.2, 0) is 37.4 Å². The highest BCUT2D eigenvalue weighted by molar-refractivity contribution is 5.97. The predicted octanol–water partition coefficient (Wildman–Crippen LogP) is 5.70. The molecule has 0 aliphatic heterocycles. The molecule has 0 aliphatic rings. The van der Waals surface area contributed by atoms with E-state index in [1.165, 1.54) is 0 Å². The number of rotatable bonds is 11. The molecule has 0 saturated heterocycles. The molecule has 6 heteroatoms. The summed E-state index contributed by atoms with van der Waals surface area (Å²) in [6, 6.07) is 29.8. The molecule has 40 heavy (non-hydrogen) atoms. The Balaban J connectivity index is 1.74. The van der Waals surface area contributed by atoms with Crippen LogP contribution < -0.4 is 0 Å². The van der Waals surface area contributed by atoms with Crippen LogP contribution in [0, 0.1) is 0 Å². The van der Waals surface area contributed by atoms with Crippen molar-refractivity contribution in [3.05, 3.63) is 143 Å². The van der Waals surface area contributed by atoms with Crippen LogP contribution in [0.15, 0.2) is 115 Å². The highest BCUT2D eigenvalue weighted by Crippen LogP contribution is 2.42. The fourth-order valence-electron chi connectivity index (χ4n) is 4.90. The van der Waals surface area contributed by atoms with E-state index in [4.69, 9.17) is 10.2 Å². The third-order valence-electron chi connectivity index (χ3n) is 6.97. The lowest BCUT2D eigenvalue weighted by Gasteiger charge is -2.33. The molecule has 4 aromatic rings. The van der Waals surface area contributed by atoms with Crippen LogP contribution >= 0.6 is 0 Å². The fraction of sp³-hybridized carbons (Fsp3) is 0.118. The maximum absolute atomic E-state index is 12.2. The maximum Gasteiger partial charge on any atom is 0.328 e. The normalized spacial score (nSPS) is 11.7. The zero-order valence-electron chi connectivity index (χ0n) is 21.9. The Morgan fingerprint density at radius 1 is 0.600 bits per heavy atom. The van der Waals surface area contributed by atoms with E-state index in [1.807, 2.05) is 66.7 Å². The standard InChI is InChI=1S/C34H28O6/c1-34(31-8-4-6-25-5-2-3-7-30(25)31,26-13-9-23(10-14-26)21-28(35)17-19-32(37)38)27-15-11-24(12-16-27)22-29(36)18-20-33(39)40/h2-20H,21-22H2,1H3,(H,37,38)(H,39,40)/b19-17+,20-18+. The lowest BCUT2D eigenvalue weighted by atomic mass is 9.69. The minimum atomic E-state index is -1.17.